The molecule has 0 bridgehead atoms. The molecule has 11 heteroatoms. The predicted molar refractivity (Wildman–Crippen MR) is 161 cm³/mol. The van der Waals surface area contributed by atoms with Crippen molar-refractivity contribution in [1.82, 2.24) is 0 Å². The van der Waals surface area contributed by atoms with Gasteiger partial charge in [-0.1, -0.05) is 128 Å². The molecule has 0 spiro atoms. The molecule has 0 saturated carbocycles. The Balaban J connectivity index is 3.51. The van der Waals surface area contributed by atoms with Crippen molar-refractivity contribution in [1.29, 1.82) is 0 Å². The molecule has 1 unspecified atom stereocenters. The molecule has 242 valence electrons. The molecule has 0 heterocycles. The zero-order valence-electron chi connectivity index (χ0n) is 25.4. The maximum absolute atomic E-state index is 11.8. The molecule has 41 heavy (non-hydrogen) atoms. The molecule has 0 aromatic carbocycles. The van der Waals surface area contributed by atoms with E-state index in [-0.39, 0.29) is 6.42 Å². The van der Waals surface area contributed by atoms with Crippen molar-refractivity contribution in [2.45, 2.75) is 147 Å². The molecule has 3 atom stereocenters. The number of ether oxygens (including phenoxy) is 1. The highest BCUT2D eigenvalue weighted by atomic mass is 31.2. The van der Waals surface area contributed by atoms with E-state index in [0.717, 1.165) is 12.8 Å². The SMILES string of the molecule is CCCCCCCCCCCCCCCCCCCCC=CCC(=O)OC[C@@H](O)COP(=O)(O)OC[C@H](N)C(=O)O. The highest BCUT2D eigenvalue weighted by Crippen LogP contribution is 2.43. The monoisotopic (exact) mass is 607 g/mol. The summed E-state index contributed by atoms with van der Waals surface area (Å²) in [6.07, 6.45) is 27.5. The van der Waals surface area contributed by atoms with Crippen LogP contribution in [0.1, 0.15) is 135 Å². The number of phosphoric ester groups is 1. The van der Waals surface area contributed by atoms with Crippen LogP contribution < -0.4 is 5.73 Å². The van der Waals surface area contributed by atoms with Crippen LogP contribution in [-0.2, 0) is 27.9 Å². The molecule has 0 aliphatic heterocycles. The number of nitrogens with two attached hydrogens (primary N) is 1. The van der Waals surface area contributed by atoms with Crippen LogP contribution in [0, 0.1) is 0 Å². The van der Waals surface area contributed by atoms with Crippen LogP contribution >= 0.6 is 7.82 Å². The van der Waals surface area contributed by atoms with Gasteiger partial charge in [-0.3, -0.25) is 18.6 Å². The first-order valence-electron chi connectivity index (χ1n) is 15.8. The van der Waals surface area contributed by atoms with Gasteiger partial charge in [-0.15, -0.1) is 0 Å². The van der Waals surface area contributed by atoms with Gasteiger partial charge in [-0.2, -0.15) is 0 Å². The maximum Gasteiger partial charge on any atom is 0.472 e. The largest absolute Gasteiger partial charge is 0.480 e. The third-order valence-electron chi connectivity index (χ3n) is 6.78. The minimum atomic E-state index is -4.59. The van der Waals surface area contributed by atoms with Gasteiger partial charge in [-0.05, 0) is 12.8 Å². The molecule has 0 aromatic heterocycles. The number of phosphoric acid groups is 1. The van der Waals surface area contributed by atoms with Gasteiger partial charge in [0.1, 0.15) is 18.8 Å². The van der Waals surface area contributed by atoms with E-state index >= 15 is 0 Å². The number of unbranched alkanes of at least 4 members (excludes halogenated alkanes) is 18. The summed E-state index contributed by atoms with van der Waals surface area (Å²) in [4.78, 5) is 31.8. The Morgan fingerprint density at radius 1 is 0.732 bits per heavy atom. The number of esters is 1. The molecule has 0 radical (unpaired) electrons. The molecule has 0 amide bonds. The average Bonchev–Trinajstić information content (AvgIpc) is 2.94. The second kappa shape index (κ2) is 27.5. The van der Waals surface area contributed by atoms with E-state index in [9.17, 15) is 24.2 Å². The lowest BCUT2D eigenvalue weighted by molar-refractivity contribution is -0.146. The fourth-order valence-electron chi connectivity index (χ4n) is 4.22. The molecule has 0 rings (SSSR count). The van der Waals surface area contributed by atoms with Gasteiger partial charge in [0.05, 0.1) is 19.6 Å². The van der Waals surface area contributed by atoms with Gasteiger partial charge in [-0.25, -0.2) is 4.57 Å². The Kier molecular flexibility index (Phi) is 26.7. The summed E-state index contributed by atoms with van der Waals surface area (Å²) < 4.78 is 25.5. The van der Waals surface area contributed by atoms with E-state index in [4.69, 9.17) is 15.6 Å². The lowest BCUT2D eigenvalue weighted by Crippen LogP contribution is -2.34. The molecule has 0 aromatic rings. The van der Waals surface area contributed by atoms with Crippen molar-refractivity contribution in [3.63, 3.8) is 0 Å². The fourth-order valence-corrected chi connectivity index (χ4v) is 5.00. The van der Waals surface area contributed by atoms with Crippen LogP contribution in [0.15, 0.2) is 12.2 Å². The predicted octanol–water partition coefficient (Wildman–Crippen LogP) is 6.81. The van der Waals surface area contributed by atoms with Crippen LogP contribution in [0.2, 0.25) is 0 Å². The maximum atomic E-state index is 11.8. The lowest BCUT2D eigenvalue weighted by atomic mass is 10.0. The molecular weight excluding hydrogens is 549 g/mol. The summed E-state index contributed by atoms with van der Waals surface area (Å²) in [6, 6.07) is -1.49. The van der Waals surface area contributed by atoms with Crippen molar-refractivity contribution in [2.75, 3.05) is 19.8 Å². The molecule has 10 nitrogen and oxygen atoms in total. The topological polar surface area (TPSA) is 166 Å². The molecule has 0 fully saturated rings. The Morgan fingerprint density at radius 3 is 1.63 bits per heavy atom. The van der Waals surface area contributed by atoms with Crippen molar-refractivity contribution in [3.05, 3.63) is 12.2 Å². The summed E-state index contributed by atoms with van der Waals surface area (Å²) >= 11 is 0. The summed E-state index contributed by atoms with van der Waals surface area (Å²) in [7, 11) is -4.59. The fraction of sp³-hybridized carbons (Fsp3) is 0.867. The van der Waals surface area contributed by atoms with Crippen molar-refractivity contribution >= 4 is 19.8 Å². The molecule has 0 aliphatic carbocycles. The number of carboxylic acids is 1. The normalized spacial score (nSPS) is 14.6. The Labute approximate surface area is 248 Å². The highest BCUT2D eigenvalue weighted by Gasteiger charge is 2.26. The van der Waals surface area contributed by atoms with Gasteiger partial charge >= 0.3 is 19.8 Å². The Hall–Kier alpha value is -1.29. The Morgan fingerprint density at radius 2 is 1.17 bits per heavy atom. The van der Waals surface area contributed by atoms with Gasteiger partial charge in [0.2, 0.25) is 0 Å². The number of allylic oxidation sites excluding steroid dienone is 1. The van der Waals surface area contributed by atoms with Crippen LogP contribution in [0.3, 0.4) is 0 Å². The Bertz CT molecular complexity index is 720. The zero-order chi connectivity index (χ0) is 30.6. The van der Waals surface area contributed by atoms with E-state index in [1.54, 1.807) is 6.08 Å². The van der Waals surface area contributed by atoms with E-state index in [1.807, 2.05) is 6.08 Å². The minimum Gasteiger partial charge on any atom is -0.480 e. The lowest BCUT2D eigenvalue weighted by Gasteiger charge is -2.16. The second-order valence-electron chi connectivity index (χ2n) is 10.8. The first-order chi connectivity index (χ1) is 19.7. The number of hydrogen-bond acceptors (Lipinski definition) is 8. The minimum absolute atomic E-state index is 0.0707. The quantitative estimate of drug-likeness (QED) is 0.0295. The summed E-state index contributed by atoms with van der Waals surface area (Å²) in [5, 5.41) is 18.4. The number of hydrogen-bond donors (Lipinski definition) is 4. The summed E-state index contributed by atoms with van der Waals surface area (Å²) in [5.74, 6) is -1.93. The van der Waals surface area contributed by atoms with Gasteiger partial charge < -0.3 is 25.6 Å². The van der Waals surface area contributed by atoms with E-state index in [0.29, 0.717) is 0 Å². The summed E-state index contributed by atoms with van der Waals surface area (Å²) in [5.41, 5.74) is 5.17. The van der Waals surface area contributed by atoms with Crippen molar-refractivity contribution in [2.24, 2.45) is 5.73 Å². The average molecular weight is 608 g/mol. The van der Waals surface area contributed by atoms with Gasteiger partial charge in [0, 0.05) is 0 Å². The molecule has 0 saturated heterocycles. The van der Waals surface area contributed by atoms with Crippen LogP contribution in [0.4, 0.5) is 0 Å². The standard InChI is InChI=1S/C30H58NO9P/c1-2-3-4-5-6-7-8-9-10-11-12-13-14-15-16-17-18-19-20-21-22-23-29(33)38-24-27(32)25-39-41(36,37)40-26-28(31)30(34)35/h21-22,27-28,32H,2-20,23-26,31H2,1H3,(H,34,35)(H,36,37)/t27-,28+/m1/s1. The van der Waals surface area contributed by atoms with Crippen LogP contribution in [-0.4, -0.2) is 59.0 Å². The number of aliphatic carboxylic acids is 1. The molecule has 5 N–H and O–H groups in total. The third kappa shape index (κ3) is 28.6. The number of aliphatic hydroxyl groups is 1. The molecular formula is C30H58NO9P. The number of carbonyl (C=O) groups is 2. The van der Waals surface area contributed by atoms with Crippen LogP contribution in [0.5, 0.6) is 0 Å². The first-order valence-corrected chi connectivity index (χ1v) is 17.3. The third-order valence-corrected chi connectivity index (χ3v) is 7.73. The van der Waals surface area contributed by atoms with Crippen LogP contribution in [0.25, 0.3) is 0 Å². The number of carboxylic acid groups (broad SMARTS) is 1. The first kappa shape index (κ1) is 39.7. The second-order valence-corrected chi connectivity index (χ2v) is 12.3. The number of rotatable bonds is 30. The van der Waals surface area contributed by atoms with E-state index in [1.165, 1.54) is 109 Å². The van der Waals surface area contributed by atoms with Gasteiger partial charge in [0.15, 0.2) is 0 Å². The molecule has 0 aliphatic rings. The van der Waals surface area contributed by atoms with Crippen molar-refractivity contribution in [3.8, 4) is 0 Å². The van der Waals surface area contributed by atoms with Gasteiger partial charge in [0.25, 0.3) is 0 Å². The smallest absolute Gasteiger partial charge is 0.472 e. The van der Waals surface area contributed by atoms with E-state index in [2.05, 4.69) is 16.0 Å². The highest BCUT2D eigenvalue weighted by molar-refractivity contribution is 7.47. The zero-order valence-corrected chi connectivity index (χ0v) is 26.3. The number of aliphatic hydroxyl groups excluding tert-OH is 1. The van der Waals surface area contributed by atoms with Crippen molar-refractivity contribution < 1.29 is 43.0 Å². The summed E-state index contributed by atoms with van der Waals surface area (Å²) in [6.45, 7) is 0.475. The number of carbonyl (C=O) groups excluding carboxylic acids is 1. The van der Waals surface area contributed by atoms with E-state index < -0.39 is 51.7 Å².